The predicted molar refractivity (Wildman–Crippen MR) is 115 cm³/mol. The van der Waals surface area contributed by atoms with Gasteiger partial charge in [-0.05, 0) is 42.5 Å². The first kappa shape index (κ1) is 21.2. The van der Waals surface area contributed by atoms with Crippen molar-refractivity contribution < 1.29 is 23.7 Å². The van der Waals surface area contributed by atoms with Crippen molar-refractivity contribution in [2.75, 3.05) is 35.5 Å². The second kappa shape index (κ2) is 9.31. The van der Waals surface area contributed by atoms with Crippen molar-refractivity contribution in [3.63, 3.8) is 0 Å². The van der Waals surface area contributed by atoms with E-state index in [-0.39, 0.29) is 0 Å². The minimum atomic E-state index is 0.329. The van der Waals surface area contributed by atoms with E-state index in [1.807, 2.05) is 12.1 Å². The highest BCUT2D eigenvalue weighted by Gasteiger charge is 2.16. The molecule has 0 aliphatic rings. The Morgan fingerprint density at radius 1 is 0.867 bits per heavy atom. The molecule has 0 fully saturated rings. The first-order chi connectivity index (χ1) is 14.6. The van der Waals surface area contributed by atoms with Crippen LogP contribution in [0.2, 0.25) is 0 Å². The van der Waals surface area contributed by atoms with E-state index in [1.54, 1.807) is 60.0 Å². The van der Waals surface area contributed by atoms with E-state index in [4.69, 9.17) is 35.9 Å². The zero-order valence-corrected chi connectivity index (χ0v) is 18.1. The molecule has 0 aliphatic heterocycles. The Labute approximate surface area is 178 Å². The van der Waals surface area contributed by atoms with Gasteiger partial charge in [-0.1, -0.05) is 0 Å². The Bertz CT molecular complexity index is 1120. The number of methoxy groups -OCH3 is 5. The van der Waals surface area contributed by atoms with Crippen LogP contribution in [0.5, 0.6) is 28.7 Å². The van der Waals surface area contributed by atoms with Crippen LogP contribution in [0.15, 0.2) is 35.4 Å². The lowest BCUT2D eigenvalue weighted by atomic mass is 10.2. The average molecular weight is 430 g/mol. The third-order valence-electron chi connectivity index (χ3n) is 4.34. The van der Waals surface area contributed by atoms with Crippen molar-refractivity contribution in [2.45, 2.75) is 0 Å². The quantitative estimate of drug-likeness (QED) is 0.432. The van der Waals surface area contributed by atoms with Crippen LogP contribution in [0.25, 0.3) is 11.4 Å². The van der Waals surface area contributed by atoms with Crippen LogP contribution in [0, 0.1) is 4.77 Å². The molecule has 3 rings (SSSR count). The van der Waals surface area contributed by atoms with E-state index in [0.29, 0.717) is 44.9 Å². The van der Waals surface area contributed by atoms with Crippen molar-refractivity contribution in [2.24, 2.45) is 5.10 Å². The molecule has 0 unspecified atom stereocenters. The van der Waals surface area contributed by atoms with Crippen LogP contribution in [0.4, 0.5) is 0 Å². The molecule has 0 bridgehead atoms. The molecule has 3 aromatic rings. The summed E-state index contributed by atoms with van der Waals surface area (Å²) >= 11 is 5.35. The Kier molecular flexibility index (Phi) is 6.58. The molecule has 0 radical (unpaired) electrons. The molecule has 0 atom stereocenters. The topological polar surface area (TPSA) is 92.1 Å². The lowest BCUT2D eigenvalue weighted by Crippen LogP contribution is -2.00. The number of nitrogens with zero attached hydrogens (tertiary/aromatic N) is 3. The maximum absolute atomic E-state index is 5.50. The summed E-state index contributed by atoms with van der Waals surface area (Å²) in [5.41, 5.74) is 1.42. The number of ether oxygens (including phenoxy) is 5. The van der Waals surface area contributed by atoms with Gasteiger partial charge >= 0.3 is 0 Å². The first-order valence-corrected chi connectivity index (χ1v) is 9.21. The monoisotopic (exact) mass is 430 g/mol. The fraction of sp³-hybridized carbons (Fsp3) is 0.250. The summed E-state index contributed by atoms with van der Waals surface area (Å²) in [6.45, 7) is 0. The molecule has 1 aromatic heterocycles. The van der Waals surface area contributed by atoms with Gasteiger partial charge in [0.25, 0.3) is 0 Å². The zero-order chi connectivity index (χ0) is 21.7. The van der Waals surface area contributed by atoms with Gasteiger partial charge < -0.3 is 23.7 Å². The Morgan fingerprint density at radius 2 is 1.53 bits per heavy atom. The van der Waals surface area contributed by atoms with Crippen molar-refractivity contribution >= 4 is 18.4 Å². The molecule has 0 saturated heterocycles. The van der Waals surface area contributed by atoms with Gasteiger partial charge in [-0.3, -0.25) is 0 Å². The molecule has 9 nitrogen and oxygen atoms in total. The molecule has 1 heterocycles. The van der Waals surface area contributed by atoms with Gasteiger partial charge in [-0.25, -0.2) is 5.10 Å². The summed E-state index contributed by atoms with van der Waals surface area (Å²) in [6.07, 6.45) is 1.61. The lowest BCUT2D eigenvalue weighted by Gasteiger charge is -2.13. The number of H-pyrrole nitrogens is 1. The second-order valence-corrected chi connectivity index (χ2v) is 6.29. The smallest absolute Gasteiger partial charge is 0.216 e. The molecule has 158 valence electrons. The fourth-order valence-corrected chi connectivity index (χ4v) is 3.09. The maximum atomic E-state index is 5.50. The van der Waals surface area contributed by atoms with Gasteiger partial charge in [0, 0.05) is 11.1 Å². The van der Waals surface area contributed by atoms with Crippen LogP contribution in [0.3, 0.4) is 0 Å². The highest BCUT2D eigenvalue weighted by atomic mass is 32.1. The number of aromatic nitrogens is 3. The van der Waals surface area contributed by atoms with E-state index < -0.39 is 0 Å². The van der Waals surface area contributed by atoms with E-state index in [2.05, 4.69) is 15.3 Å². The van der Waals surface area contributed by atoms with Gasteiger partial charge in [0.05, 0.1) is 41.8 Å². The second-order valence-electron chi connectivity index (χ2n) is 5.90. The normalized spacial score (nSPS) is 10.8. The molecule has 0 spiro atoms. The maximum Gasteiger partial charge on any atom is 0.216 e. The molecule has 1 N–H and O–H groups in total. The number of hydrogen-bond acceptors (Lipinski definition) is 8. The van der Waals surface area contributed by atoms with Crippen molar-refractivity contribution in [1.82, 2.24) is 14.9 Å². The lowest BCUT2D eigenvalue weighted by molar-refractivity contribution is 0.324. The van der Waals surface area contributed by atoms with Crippen LogP contribution >= 0.6 is 12.2 Å². The number of rotatable bonds is 8. The summed E-state index contributed by atoms with van der Waals surface area (Å²) in [4.78, 5) is 0. The van der Waals surface area contributed by atoms with Crippen LogP contribution in [-0.2, 0) is 0 Å². The Hall–Kier alpha value is -3.53. The van der Waals surface area contributed by atoms with Crippen LogP contribution in [0.1, 0.15) is 5.56 Å². The summed E-state index contributed by atoms with van der Waals surface area (Å²) in [7, 11) is 7.80. The molecule has 30 heavy (non-hydrogen) atoms. The highest BCUT2D eigenvalue weighted by molar-refractivity contribution is 7.71. The minimum Gasteiger partial charge on any atom is -0.493 e. The largest absolute Gasteiger partial charge is 0.493 e. The number of hydrogen-bond donors (Lipinski definition) is 1. The predicted octanol–water partition coefficient (Wildman–Crippen LogP) is 3.53. The van der Waals surface area contributed by atoms with Gasteiger partial charge in [-0.2, -0.15) is 14.9 Å². The third-order valence-corrected chi connectivity index (χ3v) is 4.60. The van der Waals surface area contributed by atoms with Gasteiger partial charge in [0.15, 0.2) is 28.8 Å². The van der Waals surface area contributed by atoms with Crippen molar-refractivity contribution in [3.05, 3.63) is 40.7 Å². The summed E-state index contributed by atoms with van der Waals surface area (Å²) < 4.78 is 28.7. The van der Waals surface area contributed by atoms with E-state index in [1.165, 1.54) is 4.68 Å². The minimum absolute atomic E-state index is 0.329. The molecule has 0 saturated carbocycles. The SMILES string of the molecule is COc1ccc(-c2n[nH]c(=S)n2N=Cc2ccc(OC)c(OC)c2OC)cc1OC. The summed E-state index contributed by atoms with van der Waals surface area (Å²) in [5.74, 6) is 3.21. The van der Waals surface area contributed by atoms with E-state index in [0.717, 1.165) is 5.56 Å². The standard InChI is InChI=1S/C20H22N4O5S/c1-25-14-8-6-12(10-16(14)27-3)19-22-23-20(30)24(19)21-11-13-7-9-15(26-2)18(29-5)17(13)28-4/h6-11H,1-5H3,(H,23,30). The molecular formula is C20H22N4O5S. The van der Waals surface area contributed by atoms with Crippen LogP contribution < -0.4 is 23.7 Å². The van der Waals surface area contributed by atoms with E-state index >= 15 is 0 Å². The number of benzene rings is 2. The third kappa shape index (κ3) is 3.94. The van der Waals surface area contributed by atoms with Gasteiger partial charge in [0.2, 0.25) is 10.5 Å². The molecule has 10 heteroatoms. The van der Waals surface area contributed by atoms with Crippen molar-refractivity contribution in [3.8, 4) is 40.1 Å². The van der Waals surface area contributed by atoms with E-state index in [9.17, 15) is 0 Å². The summed E-state index contributed by atoms with van der Waals surface area (Å²) in [6, 6.07) is 9.01. The number of nitrogens with one attached hydrogen (secondary N) is 1. The molecule has 0 amide bonds. The Balaban J connectivity index is 2.05. The summed E-state index contributed by atoms with van der Waals surface area (Å²) in [5, 5.41) is 11.5. The molecular weight excluding hydrogens is 408 g/mol. The average Bonchev–Trinajstić information content (AvgIpc) is 3.16. The Morgan fingerprint density at radius 3 is 2.17 bits per heavy atom. The van der Waals surface area contributed by atoms with Gasteiger partial charge in [-0.15, -0.1) is 0 Å². The number of aromatic amines is 1. The fourth-order valence-electron chi connectivity index (χ4n) is 2.91. The van der Waals surface area contributed by atoms with Gasteiger partial charge in [0.1, 0.15) is 0 Å². The highest BCUT2D eigenvalue weighted by Crippen LogP contribution is 2.39. The van der Waals surface area contributed by atoms with Crippen molar-refractivity contribution in [1.29, 1.82) is 0 Å². The first-order valence-electron chi connectivity index (χ1n) is 8.81. The van der Waals surface area contributed by atoms with Crippen LogP contribution in [-0.4, -0.2) is 56.6 Å². The molecule has 0 aliphatic carbocycles. The zero-order valence-electron chi connectivity index (χ0n) is 17.3. The molecule has 2 aromatic carbocycles.